The fraction of sp³-hybridized carbons (Fsp3) is 0.647. The van der Waals surface area contributed by atoms with Crippen LogP contribution in [-0.2, 0) is 18.4 Å². The number of hydrogen-bond donors (Lipinski definition) is 0. The molecule has 2 aromatic heterocycles. The summed E-state index contributed by atoms with van der Waals surface area (Å²) in [5.41, 5.74) is 0. The lowest BCUT2D eigenvalue weighted by molar-refractivity contribution is -0.132. The Morgan fingerprint density at radius 1 is 1.44 bits per heavy atom. The first-order valence-electron chi connectivity index (χ1n) is 8.85. The molecule has 0 aromatic carbocycles. The van der Waals surface area contributed by atoms with Gasteiger partial charge in [0.25, 0.3) is 0 Å². The Morgan fingerprint density at radius 2 is 2.24 bits per heavy atom. The monoisotopic (exact) mass is 361 g/mol. The van der Waals surface area contributed by atoms with Crippen molar-refractivity contribution >= 4 is 17.7 Å². The highest BCUT2D eigenvalue weighted by Crippen LogP contribution is 2.47. The largest absolute Gasteiger partial charge is 0.464 e. The molecule has 8 heteroatoms. The molecule has 2 fully saturated rings. The summed E-state index contributed by atoms with van der Waals surface area (Å²) in [6.07, 6.45) is 3.90. The Labute approximate surface area is 151 Å². The zero-order chi connectivity index (χ0) is 17.4. The van der Waals surface area contributed by atoms with E-state index in [0.717, 1.165) is 35.4 Å². The number of rotatable bonds is 8. The van der Waals surface area contributed by atoms with Crippen LogP contribution in [0, 0.1) is 5.92 Å². The van der Waals surface area contributed by atoms with Gasteiger partial charge >= 0.3 is 0 Å². The number of tetrazole rings is 1. The van der Waals surface area contributed by atoms with E-state index in [2.05, 4.69) is 28.5 Å². The van der Waals surface area contributed by atoms with Gasteiger partial charge in [-0.3, -0.25) is 4.79 Å². The predicted molar refractivity (Wildman–Crippen MR) is 92.9 cm³/mol. The van der Waals surface area contributed by atoms with Crippen LogP contribution in [0.25, 0.3) is 0 Å². The molecule has 2 aliphatic carbocycles. The smallest absolute Gasteiger partial charge is 0.224 e. The maximum Gasteiger partial charge on any atom is 0.224 e. The number of aromatic nitrogens is 4. The summed E-state index contributed by atoms with van der Waals surface area (Å²) >= 11 is 1.51. The Balaban J connectivity index is 1.32. The quantitative estimate of drug-likeness (QED) is 0.673. The van der Waals surface area contributed by atoms with Gasteiger partial charge in [-0.25, -0.2) is 4.68 Å². The zero-order valence-corrected chi connectivity index (χ0v) is 15.4. The molecule has 2 heterocycles. The highest BCUT2D eigenvalue weighted by atomic mass is 32.2. The molecule has 2 aromatic rings. The third kappa shape index (κ3) is 3.89. The molecule has 2 atom stereocenters. The Hall–Kier alpha value is -1.83. The van der Waals surface area contributed by atoms with Crippen LogP contribution in [0.2, 0.25) is 0 Å². The summed E-state index contributed by atoms with van der Waals surface area (Å²) in [6.45, 7) is 2.83. The fourth-order valence-corrected chi connectivity index (χ4v) is 3.87. The maximum atomic E-state index is 12.7. The van der Waals surface area contributed by atoms with Gasteiger partial charge in [-0.2, -0.15) is 0 Å². The molecule has 7 nitrogen and oxygen atoms in total. The Kier molecular flexibility index (Phi) is 4.54. The summed E-state index contributed by atoms with van der Waals surface area (Å²) in [6, 6.07) is 4.49. The van der Waals surface area contributed by atoms with Crippen molar-refractivity contribution in [3.63, 3.8) is 0 Å². The molecular formula is C17H23N5O2S. The minimum Gasteiger partial charge on any atom is -0.464 e. The number of amides is 1. The Morgan fingerprint density at radius 3 is 2.88 bits per heavy atom. The zero-order valence-electron chi connectivity index (χ0n) is 14.6. The minimum absolute atomic E-state index is 0.183. The summed E-state index contributed by atoms with van der Waals surface area (Å²) in [5.74, 6) is 4.15. The van der Waals surface area contributed by atoms with E-state index >= 15 is 0 Å². The molecule has 2 saturated carbocycles. The number of furan rings is 1. The van der Waals surface area contributed by atoms with Gasteiger partial charge < -0.3 is 9.32 Å². The van der Waals surface area contributed by atoms with Crippen molar-refractivity contribution in [2.45, 2.75) is 56.3 Å². The molecular weight excluding hydrogens is 338 g/mol. The van der Waals surface area contributed by atoms with Crippen LogP contribution in [-0.4, -0.2) is 42.8 Å². The summed E-state index contributed by atoms with van der Waals surface area (Å²) < 4.78 is 7.61. The maximum absolute atomic E-state index is 12.7. The van der Waals surface area contributed by atoms with Crippen molar-refractivity contribution in [1.29, 1.82) is 0 Å². The average Bonchev–Trinajstić information content (AvgIpc) is 3.47. The molecule has 0 saturated heterocycles. The molecule has 134 valence electrons. The molecule has 0 N–H and O–H groups in total. The highest BCUT2D eigenvalue weighted by molar-refractivity contribution is 7.99. The van der Waals surface area contributed by atoms with Crippen LogP contribution < -0.4 is 0 Å². The second-order valence-corrected chi connectivity index (χ2v) is 8.12. The summed E-state index contributed by atoms with van der Waals surface area (Å²) in [5, 5.41) is 12.1. The van der Waals surface area contributed by atoms with Crippen molar-refractivity contribution in [1.82, 2.24) is 25.1 Å². The number of carbonyl (C=O) groups excluding carboxylic acids is 1. The first-order valence-corrected chi connectivity index (χ1v) is 9.83. The van der Waals surface area contributed by atoms with Gasteiger partial charge in [-0.05, 0) is 47.7 Å². The van der Waals surface area contributed by atoms with E-state index in [1.165, 1.54) is 18.2 Å². The van der Waals surface area contributed by atoms with Crippen LogP contribution in [0.5, 0.6) is 0 Å². The average molecular weight is 361 g/mol. The lowest BCUT2D eigenvalue weighted by Gasteiger charge is -2.21. The second kappa shape index (κ2) is 6.82. The van der Waals surface area contributed by atoms with E-state index in [4.69, 9.17) is 4.42 Å². The van der Waals surface area contributed by atoms with Gasteiger partial charge in [0.15, 0.2) is 0 Å². The van der Waals surface area contributed by atoms with Crippen molar-refractivity contribution in [2.75, 3.05) is 5.75 Å². The van der Waals surface area contributed by atoms with E-state index in [1.807, 2.05) is 11.0 Å². The lowest BCUT2D eigenvalue weighted by Crippen LogP contribution is -2.32. The topological polar surface area (TPSA) is 77.1 Å². The predicted octanol–water partition coefficient (Wildman–Crippen LogP) is 2.60. The number of hydrogen-bond acceptors (Lipinski definition) is 6. The number of carbonyl (C=O) groups is 1. The number of thioether (sulfide) groups is 1. The molecule has 4 rings (SSSR count). The van der Waals surface area contributed by atoms with E-state index in [9.17, 15) is 4.79 Å². The number of aryl methyl sites for hydroxylation is 1. The van der Waals surface area contributed by atoms with Gasteiger partial charge in [0, 0.05) is 31.2 Å². The van der Waals surface area contributed by atoms with Gasteiger partial charge in [-0.15, -0.1) is 5.10 Å². The van der Waals surface area contributed by atoms with Gasteiger partial charge in [0.1, 0.15) is 11.5 Å². The fourth-order valence-electron chi connectivity index (χ4n) is 3.09. The third-order valence-electron chi connectivity index (χ3n) is 4.92. The van der Waals surface area contributed by atoms with Crippen LogP contribution in [0.15, 0.2) is 21.7 Å². The van der Waals surface area contributed by atoms with E-state index in [-0.39, 0.29) is 5.91 Å². The molecule has 1 amide bonds. The highest BCUT2D eigenvalue weighted by Gasteiger charge is 2.37. The van der Waals surface area contributed by atoms with Gasteiger partial charge in [0.05, 0.1) is 6.54 Å². The SMILES string of the molecule is CC1CC1c1ccc(CN(C(=O)CCSc2nnnn2C)C2CC2)o1. The molecule has 0 bridgehead atoms. The van der Waals surface area contributed by atoms with Crippen LogP contribution in [0.3, 0.4) is 0 Å². The lowest BCUT2D eigenvalue weighted by atomic mass is 10.3. The van der Waals surface area contributed by atoms with Crippen molar-refractivity contribution < 1.29 is 9.21 Å². The van der Waals surface area contributed by atoms with E-state index < -0.39 is 0 Å². The van der Waals surface area contributed by atoms with E-state index in [0.29, 0.717) is 30.7 Å². The molecule has 2 aliphatic rings. The van der Waals surface area contributed by atoms with Crippen molar-refractivity contribution in [2.24, 2.45) is 13.0 Å². The second-order valence-electron chi connectivity index (χ2n) is 7.06. The first-order chi connectivity index (χ1) is 12.1. The van der Waals surface area contributed by atoms with Crippen molar-refractivity contribution in [3.05, 3.63) is 23.7 Å². The summed E-state index contributed by atoms with van der Waals surface area (Å²) in [7, 11) is 1.80. The standard InChI is InChI=1S/C17H23N5O2S/c1-11-9-14(11)15-6-5-13(24-15)10-22(12-3-4-12)16(23)7-8-25-17-18-19-20-21(17)2/h5-6,11-12,14H,3-4,7-10H2,1-2H3. The number of nitrogens with zero attached hydrogens (tertiary/aromatic N) is 5. The molecule has 25 heavy (non-hydrogen) atoms. The van der Waals surface area contributed by atoms with Gasteiger partial charge in [0.2, 0.25) is 11.1 Å². The molecule has 0 spiro atoms. The van der Waals surface area contributed by atoms with Crippen LogP contribution in [0.4, 0.5) is 0 Å². The van der Waals surface area contributed by atoms with Crippen LogP contribution in [0.1, 0.15) is 50.0 Å². The summed E-state index contributed by atoms with van der Waals surface area (Å²) in [4.78, 5) is 14.6. The Bertz CT molecular complexity index is 754. The first kappa shape index (κ1) is 16.6. The van der Waals surface area contributed by atoms with E-state index in [1.54, 1.807) is 11.7 Å². The van der Waals surface area contributed by atoms with Gasteiger partial charge in [-0.1, -0.05) is 18.7 Å². The molecule has 2 unspecified atom stereocenters. The molecule has 0 radical (unpaired) electrons. The third-order valence-corrected chi connectivity index (χ3v) is 5.93. The molecule has 0 aliphatic heterocycles. The minimum atomic E-state index is 0.183. The van der Waals surface area contributed by atoms with Crippen molar-refractivity contribution in [3.8, 4) is 0 Å². The normalized spacial score (nSPS) is 22.2. The van der Waals surface area contributed by atoms with Crippen LogP contribution >= 0.6 is 11.8 Å².